The summed E-state index contributed by atoms with van der Waals surface area (Å²) in [5.74, 6) is 0.320. The Morgan fingerprint density at radius 1 is 0.793 bits per heavy atom. The van der Waals surface area contributed by atoms with E-state index in [0.717, 1.165) is 16.9 Å². The molecule has 0 radical (unpaired) electrons. The highest BCUT2D eigenvalue weighted by Crippen LogP contribution is 2.22. The lowest BCUT2D eigenvalue weighted by molar-refractivity contribution is 0.0948. The van der Waals surface area contributed by atoms with Crippen LogP contribution in [0.15, 0.2) is 72.8 Å². The van der Waals surface area contributed by atoms with Crippen molar-refractivity contribution in [2.75, 3.05) is 18.5 Å². The van der Waals surface area contributed by atoms with Gasteiger partial charge in [-0.25, -0.2) is 0 Å². The van der Waals surface area contributed by atoms with Gasteiger partial charge < -0.3 is 15.4 Å². The molecule has 0 heterocycles. The molecule has 0 unspecified atom stereocenters. The van der Waals surface area contributed by atoms with Crippen molar-refractivity contribution in [3.63, 3.8) is 0 Å². The van der Waals surface area contributed by atoms with Crippen LogP contribution in [-0.2, 0) is 0 Å². The van der Waals surface area contributed by atoms with Crippen LogP contribution in [0.5, 0.6) is 5.75 Å². The number of aryl methyl sites for hydroxylation is 2. The zero-order valence-electron chi connectivity index (χ0n) is 16.6. The van der Waals surface area contributed by atoms with E-state index in [4.69, 9.17) is 4.74 Å². The van der Waals surface area contributed by atoms with Crippen LogP contribution in [-0.4, -0.2) is 25.0 Å². The Morgan fingerprint density at radius 2 is 1.45 bits per heavy atom. The van der Waals surface area contributed by atoms with E-state index in [0.29, 0.717) is 30.0 Å². The average molecular weight is 388 g/mol. The fourth-order valence-electron chi connectivity index (χ4n) is 3.01. The Labute approximate surface area is 170 Å². The van der Waals surface area contributed by atoms with E-state index in [2.05, 4.69) is 10.6 Å². The molecule has 3 rings (SSSR count). The predicted octanol–water partition coefficient (Wildman–Crippen LogP) is 4.36. The van der Waals surface area contributed by atoms with E-state index in [-0.39, 0.29) is 11.8 Å². The number of hydrogen-bond donors (Lipinski definition) is 2. The zero-order valence-corrected chi connectivity index (χ0v) is 16.6. The van der Waals surface area contributed by atoms with Gasteiger partial charge >= 0.3 is 0 Å². The molecular formula is C24H24N2O3. The maximum absolute atomic E-state index is 12.6. The van der Waals surface area contributed by atoms with E-state index in [1.54, 1.807) is 48.5 Å². The minimum atomic E-state index is -0.265. The summed E-state index contributed by atoms with van der Waals surface area (Å²) in [5, 5.41) is 5.65. The van der Waals surface area contributed by atoms with Crippen molar-refractivity contribution in [1.29, 1.82) is 0 Å². The maximum atomic E-state index is 12.6. The molecule has 0 saturated heterocycles. The van der Waals surface area contributed by atoms with Crippen LogP contribution in [0.1, 0.15) is 31.8 Å². The quantitative estimate of drug-likeness (QED) is 0.591. The normalized spacial score (nSPS) is 10.3. The first-order valence-electron chi connectivity index (χ1n) is 9.49. The third-order valence-electron chi connectivity index (χ3n) is 4.50. The Hall–Kier alpha value is -3.60. The minimum Gasteiger partial charge on any atom is -0.491 e. The number of nitrogens with one attached hydrogen (secondary N) is 2. The van der Waals surface area contributed by atoms with Crippen LogP contribution in [0.4, 0.5) is 5.69 Å². The van der Waals surface area contributed by atoms with E-state index in [1.165, 1.54) is 0 Å². The molecule has 0 atom stereocenters. The number of hydrogen-bond acceptors (Lipinski definition) is 3. The molecule has 0 fully saturated rings. The van der Waals surface area contributed by atoms with Crippen molar-refractivity contribution in [1.82, 2.24) is 5.32 Å². The Balaban J connectivity index is 1.59. The number of ether oxygens (including phenoxy) is 1. The highest BCUT2D eigenvalue weighted by molar-refractivity contribution is 6.08. The molecule has 29 heavy (non-hydrogen) atoms. The number of amides is 2. The minimum absolute atomic E-state index is 0.260. The predicted molar refractivity (Wildman–Crippen MR) is 115 cm³/mol. The zero-order chi connectivity index (χ0) is 20.6. The topological polar surface area (TPSA) is 67.4 Å². The van der Waals surface area contributed by atoms with Crippen LogP contribution in [0.3, 0.4) is 0 Å². The van der Waals surface area contributed by atoms with Gasteiger partial charge in [-0.3, -0.25) is 9.59 Å². The monoisotopic (exact) mass is 388 g/mol. The van der Waals surface area contributed by atoms with Gasteiger partial charge in [0.2, 0.25) is 0 Å². The number of benzene rings is 3. The number of carbonyl (C=O) groups is 2. The molecule has 0 aliphatic rings. The van der Waals surface area contributed by atoms with Crippen LogP contribution < -0.4 is 15.4 Å². The lowest BCUT2D eigenvalue weighted by Gasteiger charge is -2.14. The molecule has 0 bridgehead atoms. The summed E-state index contributed by atoms with van der Waals surface area (Å²) >= 11 is 0. The molecule has 148 valence electrons. The Bertz CT molecular complexity index is 980. The summed E-state index contributed by atoms with van der Waals surface area (Å²) in [6.07, 6.45) is 0. The molecule has 0 aromatic heterocycles. The van der Waals surface area contributed by atoms with E-state index in [9.17, 15) is 9.59 Å². The van der Waals surface area contributed by atoms with Crippen LogP contribution in [0.2, 0.25) is 0 Å². The number of rotatable bonds is 7. The van der Waals surface area contributed by atoms with Crippen molar-refractivity contribution >= 4 is 17.5 Å². The first kappa shape index (κ1) is 20.1. The second kappa shape index (κ2) is 9.55. The van der Waals surface area contributed by atoms with Crippen LogP contribution >= 0.6 is 0 Å². The van der Waals surface area contributed by atoms with Gasteiger partial charge in [0.05, 0.1) is 17.8 Å². The first-order chi connectivity index (χ1) is 14.1. The van der Waals surface area contributed by atoms with Gasteiger partial charge in [-0.1, -0.05) is 48.5 Å². The van der Waals surface area contributed by atoms with Crippen molar-refractivity contribution in [3.05, 3.63) is 95.1 Å². The Kier molecular flexibility index (Phi) is 6.63. The summed E-state index contributed by atoms with van der Waals surface area (Å²) in [7, 11) is 0. The van der Waals surface area contributed by atoms with Gasteiger partial charge in [-0.2, -0.15) is 0 Å². The smallest absolute Gasteiger partial charge is 0.255 e. The summed E-state index contributed by atoms with van der Waals surface area (Å²) in [6.45, 7) is 4.70. The van der Waals surface area contributed by atoms with E-state index in [1.807, 2.05) is 38.1 Å². The second-order valence-electron chi connectivity index (χ2n) is 6.69. The summed E-state index contributed by atoms with van der Waals surface area (Å²) in [6, 6.07) is 21.8. The fourth-order valence-corrected chi connectivity index (χ4v) is 3.01. The molecule has 5 heteroatoms. The fraction of sp³-hybridized carbons (Fsp3) is 0.167. The molecule has 5 nitrogen and oxygen atoms in total. The third-order valence-corrected chi connectivity index (χ3v) is 4.50. The molecule has 3 aromatic rings. The van der Waals surface area contributed by atoms with Gasteiger partial charge in [0, 0.05) is 5.56 Å². The third kappa shape index (κ3) is 5.23. The summed E-state index contributed by atoms with van der Waals surface area (Å²) < 4.78 is 5.82. The molecule has 2 amide bonds. The standard InChI is InChI=1S/C24H24N2O3/c1-17-9-8-10-18(2)22(17)29-16-15-25-24(28)20-13-6-7-14-21(20)26-23(27)19-11-4-3-5-12-19/h3-14H,15-16H2,1-2H3,(H,25,28)(H,26,27). The summed E-state index contributed by atoms with van der Waals surface area (Å²) in [4.78, 5) is 25.0. The highest BCUT2D eigenvalue weighted by Gasteiger charge is 2.14. The molecule has 2 N–H and O–H groups in total. The molecule has 0 spiro atoms. The number of para-hydroxylation sites is 2. The molecule has 0 aliphatic heterocycles. The first-order valence-corrected chi connectivity index (χ1v) is 9.49. The van der Waals surface area contributed by atoms with Gasteiger partial charge in [-0.05, 0) is 49.2 Å². The molecular weight excluding hydrogens is 364 g/mol. The lowest BCUT2D eigenvalue weighted by atomic mass is 10.1. The molecule has 0 saturated carbocycles. The number of anilines is 1. The van der Waals surface area contributed by atoms with Crippen molar-refractivity contribution in [2.24, 2.45) is 0 Å². The second-order valence-corrected chi connectivity index (χ2v) is 6.69. The highest BCUT2D eigenvalue weighted by atomic mass is 16.5. The number of carbonyl (C=O) groups excluding carboxylic acids is 2. The van der Waals surface area contributed by atoms with Crippen molar-refractivity contribution < 1.29 is 14.3 Å². The average Bonchev–Trinajstić information content (AvgIpc) is 2.73. The molecule has 3 aromatic carbocycles. The largest absolute Gasteiger partial charge is 0.491 e. The SMILES string of the molecule is Cc1cccc(C)c1OCCNC(=O)c1ccccc1NC(=O)c1ccccc1. The summed E-state index contributed by atoms with van der Waals surface area (Å²) in [5.41, 5.74) is 3.53. The maximum Gasteiger partial charge on any atom is 0.255 e. The van der Waals surface area contributed by atoms with Gasteiger partial charge in [0.1, 0.15) is 12.4 Å². The van der Waals surface area contributed by atoms with E-state index >= 15 is 0 Å². The molecule has 0 aliphatic carbocycles. The van der Waals surface area contributed by atoms with Gasteiger partial charge in [0.15, 0.2) is 0 Å². The van der Waals surface area contributed by atoms with Crippen LogP contribution in [0.25, 0.3) is 0 Å². The lowest BCUT2D eigenvalue weighted by Crippen LogP contribution is -2.29. The Morgan fingerprint density at radius 3 is 2.17 bits per heavy atom. The van der Waals surface area contributed by atoms with E-state index < -0.39 is 0 Å². The van der Waals surface area contributed by atoms with Crippen molar-refractivity contribution in [3.8, 4) is 5.75 Å². The van der Waals surface area contributed by atoms with Gasteiger partial charge in [0.25, 0.3) is 11.8 Å². The van der Waals surface area contributed by atoms with Gasteiger partial charge in [-0.15, -0.1) is 0 Å². The van der Waals surface area contributed by atoms with Crippen molar-refractivity contribution in [2.45, 2.75) is 13.8 Å². The van der Waals surface area contributed by atoms with Crippen LogP contribution in [0, 0.1) is 13.8 Å².